The van der Waals surface area contributed by atoms with E-state index in [-0.39, 0.29) is 35.4 Å². The van der Waals surface area contributed by atoms with Crippen LogP contribution in [0, 0.1) is 15.9 Å². The molecule has 7 nitrogen and oxygen atoms in total. The van der Waals surface area contributed by atoms with Crippen LogP contribution >= 0.6 is 11.6 Å². The molecule has 0 radical (unpaired) electrons. The van der Waals surface area contributed by atoms with Gasteiger partial charge in [-0.05, 0) is 24.3 Å². The van der Waals surface area contributed by atoms with E-state index in [1.807, 2.05) is 0 Å². The lowest BCUT2D eigenvalue weighted by atomic mass is 10.2. The zero-order chi connectivity index (χ0) is 20.2. The average molecular weight is 417 g/mol. The van der Waals surface area contributed by atoms with E-state index in [4.69, 9.17) is 16.3 Å². The number of nitro benzene ring substituents is 1. The SMILES string of the molecule is CCN(CC)S(=O)(=O)c1ccc(OCc2ccc(F)cc2Cl)c([N+](=O)[O-])c1. The number of hydrogen-bond donors (Lipinski definition) is 0. The molecule has 10 heteroatoms. The van der Waals surface area contributed by atoms with Crippen molar-refractivity contribution in [2.24, 2.45) is 0 Å². The maximum absolute atomic E-state index is 13.1. The van der Waals surface area contributed by atoms with Crippen molar-refractivity contribution in [3.05, 3.63) is 62.9 Å². The smallest absolute Gasteiger partial charge is 0.312 e. The van der Waals surface area contributed by atoms with Gasteiger partial charge in [0.25, 0.3) is 0 Å². The van der Waals surface area contributed by atoms with Gasteiger partial charge in [0, 0.05) is 24.7 Å². The highest BCUT2D eigenvalue weighted by atomic mass is 35.5. The lowest BCUT2D eigenvalue weighted by Gasteiger charge is -2.18. The van der Waals surface area contributed by atoms with Crippen LogP contribution < -0.4 is 4.74 Å². The van der Waals surface area contributed by atoms with Crippen molar-refractivity contribution in [1.29, 1.82) is 0 Å². The summed E-state index contributed by atoms with van der Waals surface area (Å²) in [6.07, 6.45) is 0. The summed E-state index contributed by atoms with van der Waals surface area (Å²) < 4.78 is 44.8. The Morgan fingerprint density at radius 1 is 1.19 bits per heavy atom. The van der Waals surface area contributed by atoms with Crippen LogP contribution in [0.5, 0.6) is 5.75 Å². The summed E-state index contributed by atoms with van der Waals surface area (Å²) >= 11 is 5.91. The van der Waals surface area contributed by atoms with E-state index >= 15 is 0 Å². The van der Waals surface area contributed by atoms with Gasteiger partial charge in [-0.15, -0.1) is 0 Å². The van der Waals surface area contributed by atoms with E-state index in [2.05, 4.69) is 0 Å². The highest BCUT2D eigenvalue weighted by molar-refractivity contribution is 7.89. The predicted octanol–water partition coefficient (Wildman–Crippen LogP) is 4.00. The summed E-state index contributed by atoms with van der Waals surface area (Å²) in [5.41, 5.74) is -0.0475. The second-order valence-electron chi connectivity index (χ2n) is 5.50. The summed E-state index contributed by atoms with van der Waals surface area (Å²) in [4.78, 5) is 10.5. The molecule has 0 heterocycles. The number of halogens is 2. The summed E-state index contributed by atoms with van der Waals surface area (Å²) in [6, 6.07) is 7.15. The Balaban J connectivity index is 2.34. The largest absolute Gasteiger partial charge is 0.482 e. The summed E-state index contributed by atoms with van der Waals surface area (Å²) in [7, 11) is -3.84. The van der Waals surface area contributed by atoms with Crippen LogP contribution in [0.1, 0.15) is 19.4 Å². The first kappa shape index (κ1) is 21.1. The van der Waals surface area contributed by atoms with E-state index < -0.39 is 26.5 Å². The molecule has 0 amide bonds. The first-order valence-electron chi connectivity index (χ1n) is 8.06. The lowest BCUT2D eigenvalue weighted by molar-refractivity contribution is -0.386. The van der Waals surface area contributed by atoms with Crippen molar-refractivity contribution < 1.29 is 22.5 Å². The Morgan fingerprint density at radius 2 is 1.85 bits per heavy atom. The molecule has 0 aliphatic rings. The summed E-state index contributed by atoms with van der Waals surface area (Å²) in [5, 5.41) is 11.5. The molecule has 0 bridgehead atoms. The Morgan fingerprint density at radius 3 is 2.41 bits per heavy atom. The highest BCUT2D eigenvalue weighted by Gasteiger charge is 2.26. The molecule has 146 valence electrons. The van der Waals surface area contributed by atoms with E-state index in [9.17, 15) is 22.9 Å². The molecule has 2 aromatic carbocycles. The van der Waals surface area contributed by atoms with E-state index in [0.29, 0.717) is 5.56 Å². The van der Waals surface area contributed by atoms with Gasteiger partial charge in [0.05, 0.1) is 14.8 Å². The molecule has 0 spiro atoms. The molecule has 0 aliphatic carbocycles. The Labute approximate surface area is 161 Å². The van der Waals surface area contributed by atoms with Crippen molar-refractivity contribution in [2.75, 3.05) is 13.1 Å². The molecule has 0 saturated carbocycles. The van der Waals surface area contributed by atoms with Crippen molar-refractivity contribution in [3.63, 3.8) is 0 Å². The predicted molar refractivity (Wildman–Crippen MR) is 98.9 cm³/mol. The number of nitro groups is 1. The first-order valence-corrected chi connectivity index (χ1v) is 9.87. The Bertz CT molecular complexity index is 948. The highest BCUT2D eigenvalue weighted by Crippen LogP contribution is 2.32. The van der Waals surface area contributed by atoms with Crippen LogP contribution in [-0.2, 0) is 16.6 Å². The third kappa shape index (κ3) is 4.74. The number of nitrogens with zero attached hydrogens (tertiary/aromatic N) is 2. The summed E-state index contributed by atoms with van der Waals surface area (Å²) in [5.74, 6) is -0.625. The van der Waals surface area contributed by atoms with Crippen LogP contribution in [0.4, 0.5) is 10.1 Å². The number of ether oxygens (including phenoxy) is 1. The molecule has 27 heavy (non-hydrogen) atoms. The fraction of sp³-hybridized carbons (Fsp3) is 0.294. The van der Waals surface area contributed by atoms with Crippen LogP contribution in [-0.4, -0.2) is 30.7 Å². The third-order valence-corrected chi connectivity index (χ3v) is 6.27. The minimum absolute atomic E-state index is 0.112. The van der Waals surface area contributed by atoms with Gasteiger partial charge in [0.15, 0.2) is 5.75 Å². The van der Waals surface area contributed by atoms with Gasteiger partial charge < -0.3 is 4.74 Å². The average Bonchev–Trinajstić information content (AvgIpc) is 2.61. The first-order chi connectivity index (χ1) is 12.7. The molecule has 0 N–H and O–H groups in total. The molecule has 0 saturated heterocycles. The second-order valence-corrected chi connectivity index (χ2v) is 7.85. The fourth-order valence-electron chi connectivity index (χ4n) is 2.43. The quantitative estimate of drug-likeness (QED) is 0.479. The van der Waals surface area contributed by atoms with Crippen molar-refractivity contribution in [3.8, 4) is 5.75 Å². The van der Waals surface area contributed by atoms with Crippen LogP contribution in [0.25, 0.3) is 0 Å². The van der Waals surface area contributed by atoms with Gasteiger partial charge in [-0.2, -0.15) is 4.31 Å². The van der Waals surface area contributed by atoms with Gasteiger partial charge in [-0.25, -0.2) is 12.8 Å². The number of rotatable bonds is 8. The molecule has 0 fully saturated rings. The minimum Gasteiger partial charge on any atom is -0.482 e. The monoisotopic (exact) mass is 416 g/mol. The van der Waals surface area contributed by atoms with Crippen molar-refractivity contribution in [1.82, 2.24) is 4.31 Å². The summed E-state index contributed by atoms with van der Waals surface area (Å²) in [6.45, 7) is 3.71. The molecule has 2 aromatic rings. The molecular weight excluding hydrogens is 399 g/mol. The Hall–Kier alpha value is -2.23. The van der Waals surface area contributed by atoms with E-state index in [1.54, 1.807) is 13.8 Å². The molecule has 0 unspecified atom stereocenters. The molecular formula is C17H18ClFN2O5S. The molecule has 2 rings (SSSR count). The zero-order valence-corrected chi connectivity index (χ0v) is 16.3. The van der Waals surface area contributed by atoms with Crippen LogP contribution in [0.15, 0.2) is 41.3 Å². The van der Waals surface area contributed by atoms with Crippen molar-refractivity contribution in [2.45, 2.75) is 25.3 Å². The second kappa shape index (κ2) is 8.64. The van der Waals surface area contributed by atoms with Gasteiger partial charge in [0.1, 0.15) is 12.4 Å². The number of benzene rings is 2. The standard InChI is InChI=1S/C17H18ClFN2O5S/c1-3-20(4-2)27(24,25)14-7-8-17(16(10-14)21(22)23)26-11-12-5-6-13(19)9-15(12)18/h5-10H,3-4,11H2,1-2H3. The van der Waals surface area contributed by atoms with Gasteiger partial charge in [0.2, 0.25) is 10.0 Å². The number of hydrogen-bond acceptors (Lipinski definition) is 5. The molecule has 0 aromatic heterocycles. The fourth-order valence-corrected chi connectivity index (χ4v) is 4.13. The normalized spacial score (nSPS) is 11.6. The molecule has 0 aliphatic heterocycles. The minimum atomic E-state index is -3.84. The topological polar surface area (TPSA) is 89.8 Å². The maximum atomic E-state index is 13.1. The van der Waals surface area contributed by atoms with Gasteiger partial charge in [-0.3, -0.25) is 10.1 Å². The maximum Gasteiger partial charge on any atom is 0.312 e. The molecule has 0 atom stereocenters. The van der Waals surface area contributed by atoms with E-state index in [0.717, 1.165) is 12.1 Å². The lowest BCUT2D eigenvalue weighted by Crippen LogP contribution is -2.30. The van der Waals surface area contributed by atoms with Gasteiger partial charge in [-0.1, -0.05) is 31.5 Å². The van der Waals surface area contributed by atoms with Gasteiger partial charge >= 0.3 is 5.69 Å². The van der Waals surface area contributed by atoms with Crippen LogP contribution in [0.3, 0.4) is 0 Å². The number of sulfonamides is 1. The Kier molecular flexibility index (Phi) is 6.74. The van der Waals surface area contributed by atoms with Crippen LogP contribution in [0.2, 0.25) is 5.02 Å². The zero-order valence-electron chi connectivity index (χ0n) is 14.7. The third-order valence-electron chi connectivity index (χ3n) is 3.87. The van der Waals surface area contributed by atoms with Crippen molar-refractivity contribution >= 4 is 27.3 Å². The van der Waals surface area contributed by atoms with E-state index in [1.165, 1.54) is 28.6 Å².